The lowest BCUT2D eigenvalue weighted by atomic mass is 9.94. The van der Waals surface area contributed by atoms with Crippen LogP contribution in [-0.4, -0.2) is 35.6 Å². The molecule has 1 aliphatic carbocycles. The molecule has 0 saturated heterocycles. The Balaban J connectivity index is 1.65. The van der Waals surface area contributed by atoms with Crippen LogP contribution in [0, 0.1) is 13.8 Å². The summed E-state index contributed by atoms with van der Waals surface area (Å²) >= 11 is 1.44. The molecule has 1 fully saturated rings. The quantitative estimate of drug-likeness (QED) is 0.645. The Labute approximate surface area is 178 Å². The number of nitrogens with zero attached hydrogens (tertiary/aromatic N) is 1. The van der Waals surface area contributed by atoms with Crippen molar-refractivity contribution in [3.05, 3.63) is 59.2 Å². The molecule has 1 N–H and O–H groups in total. The highest BCUT2D eigenvalue weighted by Gasteiger charge is 2.22. The minimum Gasteiger partial charge on any atom is -0.342 e. The molecule has 2 aromatic carbocycles. The average molecular weight is 411 g/mol. The topological polar surface area (TPSA) is 49.4 Å². The van der Waals surface area contributed by atoms with E-state index in [1.54, 1.807) is 0 Å². The second kappa shape index (κ2) is 9.97. The second-order valence-corrected chi connectivity index (χ2v) is 8.87. The van der Waals surface area contributed by atoms with E-state index in [2.05, 4.69) is 11.4 Å². The minimum atomic E-state index is -0.145. The largest absolute Gasteiger partial charge is 0.342 e. The Morgan fingerprint density at radius 1 is 1.07 bits per heavy atom. The third-order valence-electron chi connectivity index (χ3n) is 5.63. The van der Waals surface area contributed by atoms with Gasteiger partial charge in [-0.05, 0) is 50.5 Å². The van der Waals surface area contributed by atoms with Crippen LogP contribution in [0.25, 0.3) is 0 Å². The van der Waals surface area contributed by atoms with E-state index in [1.165, 1.54) is 31.0 Å². The van der Waals surface area contributed by atoms with Gasteiger partial charge in [0.25, 0.3) is 5.91 Å². The molecule has 154 valence electrons. The first-order chi connectivity index (χ1) is 14.0. The van der Waals surface area contributed by atoms with Gasteiger partial charge in [-0.2, -0.15) is 0 Å². The lowest BCUT2D eigenvalue weighted by molar-refractivity contribution is -0.129. The summed E-state index contributed by atoms with van der Waals surface area (Å²) < 4.78 is 0. The molecule has 0 spiro atoms. The van der Waals surface area contributed by atoms with Crippen molar-refractivity contribution in [3.63, 3.8) is 0 Å². The fourth-order valence-corrected chi connectivity index (χ4v) is 4.81. The normalized spacial score (nSPS) is 14.4. The summed E-state index contributed by atoms with van der Waals surface area (Å²) in [6, 6.07) is 13.8. The molecule has 2 amide bonds. The number of carbonyl (C=O) groups is 2. The first-order valence-corrected chi connectivity index (χ1v) is 11.3. The predicted octanol–water partition coefficient (Wildman–Crippen LogP) is 5.44. The molecule has 0 aromatic heterocycles. The van der Waals surface area contributed by atoms with Crippen LogP contribution < -0.4 is 5.32 Å². The summed E-state index contributed by atoms with van der Waals surface area (Å²) in [7, 11) is 1.91. The Hall–Kier alpha value is -2.27. The molecule has 0 radical (unpaired) electrons. The van der Waals surface area contributed by atoms with Crippen LogP contribution in [0.2, 0.25) is 0 Å². The first-order valence-electron chi connectivity index (χ1n) is 10.3. The lowest BCUT2D eigenvalue weighted by Gasteiger charge is -2.31. The zero-order valence-electron chi connectivity index (χ0n) is 17.5. The maximum atomic E-state index is 12.9. The van der Waals surface area contributed by atoms with Crippen LogP contribution in [-0.2, 0) is 4.79 Å². The SMILES string of the molecule is Cc1ccc(NC(=O)c2ccccc2SCC(=O)N(C)C2CCCCC2)c(C)c1. The van der Waals surface area contributed by atoms with Gasteiger partial charge in [-0.1, -0.05) is 49.1 Å². The van der Waals surface area contributed by atoms with Gasteiger partial charge in [-0.15, -0.1) is 11.8 Å². The van der Waals surface area contributed by atoms with E-state index < -0.39 is 0 Å². The number of hydrogen-bond donors (Lipinski definition) is 1. The third-order valence-corrected chi connectivity index (χ3v) is 6.69. The smallest absolute Gasteiger partial charge is 0.256 e. The number of thioether (sulfide) groups is 1. The minimum absolute atomic E-state index is 0.131. The van der Waals surface area contributed by atoms with E-state index in [1.807, 2.05) is 62.2 Å². The average Bonchev–Trinajstić information content (AvgIpc) is 2.74. The number of aryl methyl sites for hydroxylation is 2. The fraction of sp³-hybridized carbons (Fsp3) is 0.417. The number of carbonyl (C=O) groups excluding carboxylic acids is 2. The highest BCUT2D eigenvalue weighted by molar-refractivity contribution is 8.00. The first kappa shape index (κ1) is 21.4. The van der Waals surface area contributed by atoms with Gasteiger partial charge in [0.05, 0.1) is 11.3 Å². The Bertz CT molecular complexity index is 875. The number of hydrogen-bond acceptors (Lipinski definition) is 3. The molecule has 1 aliphatic rings. The van der Waals surface area contributed by atoms with Crippen LogP contribution in [0.15, 0.2) is 47.4 Å². The number of anilines is 1. The van der Waals surface area contributed by atoms with E-state index in [9.17, 15) is 9.59 Å². The van der Waals surface area contributed by atoms with E-state index >= 15 is 0 Å². The predicted molar refractivity (Wildman–Crippen MR) is 121 cm³/mol. The van der Waals surface area contributed by atoms with Gasteiger partial charge in [0.1, 0.15) is 0 Å². The molecule has 0 heterocycles. The van der Waals surface area contributed by atoms with E-state index in [-0.39, 0.29) is 11.8 Å². The molecule has 5 heteroatoms. The van der Waals surface area contributed by atoms with E-state index in [0.717, 1.165) is 34.6 Å². The molecule has 0 bridgehead atoms. The molecule has 0 aliphatic heterocycles. The number of rotatable bonds is 6. The van der Waals surface area contributed by atoms with Crippen LogP contribution in [0.4, 0.5) is 5.69 Å². The van der Waals surface area contributed by atoms with Crippen LogP contribution in [0.1, 0.15) is 53.6 Å². The lowest BCUT2D eigenvalue weighted by Crippen LogP contribution is -2.39. The maximum absolute atomic E-state index is 12.9. The van der Waals surface area contributed by atoms with E-state index in [4.69, 9.17) is 0 Å². The van der Waals surface area contributed by atoms with Gasteiger partial charge in [0, 0.05) is 23.7 Å². The summed E-state index contributed by atoms with van der Waals surface area (Å²) in [6.45, 7) is 4.02. The van der Waals surface area contributed by atoms with Crippen LogP contribution in [0.3, 0.4) is 0 Å². The van der Waals surface area contributed by atoms with Crippen molar-refractivity contribution < 1.29 is 9.59 Å². The summed E-state index contributed by atoms with van der Waals surface area (Å²) in [5.74, 6) is 0.334. The fourth-order valence-electron chi connectivity index (χ4n) is 3.84. The molecule has 3 rings (SSSR count). The van der Waals surface area contributed by atoms with Gasteiger partial charge in [0.2, 0.25) is 5.91 Å². The molecule has 4 nitrogen and oxygen atoms in total. The zero-order valence-corrected chi connectivity index (χ0v) is 18.3. The monoisotopic (exact) mass is 410 g/mol. The van der Waals surface area contributed by atoms with Gasteiger partial charge >= 0.3 is 0 Å². The highest BCUT2D eigenvalue weighted by atomic mass is 32.2. The van der Waals surface area contributed by atoms with Crippen LogP contribution in [0.5, 0.6) is 0 Å². The van der Waals surface area contributed by atoms with Gasteiger partial charge in [-0.25, -0.2) is 0 Å². The number of nitrogens with one attached hydrogen (secondary N) is 1. The summed E-state index contributed by atoms with van der Waals surface area (Å²) in [4.78, 5) is 28.3. The number of benzene rings is 2. The molecule has 2 aromatic rings. The summed E-state index contributed by atoms with van der Waals surface area (Å²) in [5.41, 5.74) is 3.61. The van der Waals surface area contributed by atoms with Gasteiger partial charge in [-0.3, -0.25) is 9.59 Å². The molecule has 1 saturated carbocycles. The Kier molecular flexibility index (Phi) is 7.37. The van der Waals surface area contributed by atoms with Crippen molar-refractivity contribution in [2.24, 2.45) is 0 Å². The summed E-state index contributed by atoms with van der Waals surface area (Å²) in [6.07, 6.45) is 5.88. The van der Waals surface area contributed by atoms with Gasteiger partial charge in [0.15, 0.2) is 0 Å². The van der Waals surface area contributed by atoms with Gasteiger partial charge < -0.3 is 10.2 Å². The molecule has 0 atom stereocenters. The maximum Gasteiger partial charge on any atom is 0.256 e. The Morgan fingerprint density at radius 3 is 2.52 bits per heavy atom. The molecule has 29 heavy (non-hydrogen) atoms. The van der Waals surface area contributed by atoms with Crippen molar-refractivity contribution in [2.45, 2.75) is 56.9 Å². The van der Waals surface area contributed by atoms with Crippen molar-refractivity contribution in [1.29, 1.82) is 0 Å². The van der Waals surface area contributed by atoms with Crippen molar-refractivity contribution in [2.75, 3.05) is 18.1 Å². The molecule has 0 unspecified atom stereocenters. The number of amides is 2. The Morgan fingerprint density at radius 2 is 1.79 bits per heavy atom. The second-order valence-electron chi connectivity index (χ2n) is 7.85. The standard InChI is InChI=1S/C24H30N2O2S/c1-17-13-14-21(18(2)15-17)25-24(28)20-11-7-8-12-22(20)29-16-23(27)26(3)19-9-5-4-6-10-19/h7-8,11-15,19H,4-6,9-10,16H2,1-3H3,(H,25,28). The van der Waals surface area contributed by atoms with Crippen LogP contribution >= 0.6 is 11.8 Å². The third kappa shape index (κ3) is 5.63. The summed E-state index contributed by atoms with van der Waals surface area (Å²) in [5, 5.41) is 3.01. The van der Waals surface area contributed by atoms with Crippen molar-refractivity contribution >= 4 is 29.3 Å². The molecular weight excluding hydrogens is 380 g/mol. The van der Waals surface area contributed by atoms with E-state index in [0.29, 0.717) is 17.4 Å². The zero-order chi connectivity index (χ0) is 20.8. The van der Waals surface area contributed by atoms with Crippen molar-refractivity contribution in [1.82, 2.24) is 4.90 Å². The van der Waals surface area contributed by atoms with Crippen molar-refractivity contribution in [3.8, 4) is 0 Å². The highest BCUT2D eigenvalue weighted by Crippen LogP contribution is 2.27. The molecular formula is C24H30N2O2S.